The molecular formula is C28H33N3O3S2. The Morgan fingerprint density at radius 2 is 1.53 bits per heavy atom. The molecule has 0 spiro atoms. The second kappa shape index (κ2) is 11.3. The van der Waals surface area contributed by atoms with Crippen LogP contribution in [-0.2, 0) is 20.2 Å². The highest BCUT2D eigenvalue weighted by atomic mass is 32.2. The molecule has 0 bridgehead atoms. The third kappa shape index (κ3) is 6.77. The van der Waals surface area contributed by atoms with Gasteiger partial charge in [0.05, 0.1) is 16.3 Å². The van der Waals surface area contributed by atoms with E-state index in [4.69, 9.17) is 0 Å². The first-order chi connectivity index (χ1) is 16.9. The lowest BCUT2D eigenvalue weighted by Gasteiger charge is -2.24. The summed E-state index contributed by atoms with van der Waals surface area (Å²) in [6.07, 6.45) is 1.92. The molecule has 3 aromatic rings. The summed E-state index contributed by atoms with van der Waals surface area (Å²) in [7, 11) is -3.98. The third-order valence-electron chi connectivity index (χ3n) is 5.77. The summed E-state index contributed by atoms with van der Waals surface area (Å²) in [4.78, 5) is 13.9. The Hall–Kier alpha value is -3.10. The number of carbonyl (C=O) groups excluding carboxylic acids is 1. The van der Waals surface area contributed by atoms with Crippen LogP contribution in [0.5, 0.6) is 0 Å². The maximum absolute atomic E-state index is 13.5. The first kappa shape index (κ1) is 27.5. The Morgan fingerprint density at radius 3 is 2.06 bits per heavy atom. The van der Waals surface area contributed by atoms with Crippen LogP contribution in [0.4, 0.5) is 5.69 Å². The molecule has 8 heteroatoms. The van der Waals surface area contributed by atoms with E-state index >= 15 is 0 Å². The summed E-state index contributed by atoms with van der Waals surface area (Å²) >= 11 is 1.53. The molecule has 0 aliphatic heterocycles. The standard InChI is InChI=1S/C28H33N3O3S2/c1-20-7-13-24(14-8-20)31(36(33,34)26-17-15-25(35-6)16-18-26)19-27(32)30-29-21(2)22-9-11-23(12-10-22)28(3,4)5/h7-18H,19H2,1-6H3,(H,30,32)/b29-21-. The molecule has 0 radical (unpaired) electrons. The van der Waals surface area contributed by atoms with E-state index in [1.807, 2.05) is 49.6 Å². The van der Waals surface area contributed by atoms with Gasteiger partial charge in [0.2, 0.25) is 0 Å². The third-order valence-corrected chi connectivity index (χ3v) is 8.31. The fourth-order valence-electron chi connectivity index (χ4n) is 3.49. The van der Waals surface area contributed by atoms with Gasteiger partial charge in [-0.3, -0.25) is 9.10 Å². The summed E-state index contributed by atoms with van der Waals surface area (Å²) in [6.45, 7) is 9.75. The summed E-state index contributed by atoms with van der Waals surface area (Å²) in [5.74, 6) is -0.537. The van der Waals surface area contributed by atoms with Gasteiger partial charge in [0.1, 0.15) is 6.54 Å². The van der Waals surface area contributed by atoms with Crippen molar-refractivity contribution in [3.63, 3.8) is 0 Å². The monoisotopic (exact) mass is 523 g/mol. The second-order valence-corrected chi connectivity index (χ2v) is 12.3. The van der Waals surface area contributed by atoms with Crippen LogP contribution in [0.15, 0.2) is 87.7 Å². The van der Waals surface area contributed by atoms with Crippen molar-refractivity contribution < 1.29 is 13.2 Å². The molecule has 0 heterocycles. The van der Waals surface area contributed by atoms with Crippen LogP contribution in [0.3, 0.4) is 0 Å². The number of aryl methyl sites for hydroxylation is 1. The number of nitrogens with one attached hydrogen (secondary N) is 1. The van der Waals surface area contributed by atoms with Crippen LogP contribution in [0.1, 0.15) is 44.4 Å². The van der Waals surface area contributed by atoms with E-state index < -0.39 is 22.5 Å². The predicted molar refractivity (Wildman–Crippen MR) is 149 cm³/mol. The number of anilines is 1. The lowest BCUT2D eigenvalue weighted by atomic mass is 9.86. The molecule has 36 heavy (non-hydrogen) atoms. The van der Waals surface area contributed by atoms with Crippen LogP contribution >= 0.6 is 11.8 Å². The van der Waals surface area contributed by atoms with Crippen LogP contribution in [0, 0.1) is 6.92 Å². The Kier molecular flexibility index (Phi) is 8.63. The van der Waals surface area contributed by atoms with Crippen molar-refractivity contribution in [2.24, 2.45) is 5.10 Å². The van der Waals surface area contributed by atoms with E-state index in [9.17, 15) is 13.2 Å². The summed E-state index contributed by atoms with van der Waals surface area (Å²) in [5, 5.41) is 4.22. The van der Waals surface area contributed by atoms with Gasteiger partial charge < -0.3 is 0 Å². The highest BCUT2D eigenvalue weighted by Gasteiger charge is 2.27. The Balaban J connectivity index is 1.83. The summed E-state index contributed by atoms with van der Waals surface area (Å²) in [6, 6.07) is 21.7. The zero-order valence-electron chi connectivity index (χ0n) is 21.6. The number of amides is 1. The minimum atomic E-state index is -3.98. The second-order valence-electron chi connectivity index (χ2n) is 9.58. The minimum absolute atomic E-state index is 0.0401. The van der Waals surface area contributed by atoms with E-state index in [-0.39, 0.29) is 10.3 Å². The molecule has 0 aliphatic rings. The van der Waals surface area contributed by atoms with Crippen molar-refractivity contribution in [2.75, 3.05) is 17.1 Å². The zero-order valence-corrected chi connectivity index (χ0v) is 23.2. The number of hydrogen-bond acceptors (Lipinski definition) is 5. The van der Waals surface area contributed by atoms with Gasteiger partial charge in [0.15, 0.2) is 0 Å². The molecule has 6 nitrogen and oxygen atoms in total. The van der Waals surface area contributed by atoms with Crippen molar-refractivity contribution in [1.29, 1.82) is 0 Å². The summed E-state index contributed by atoms with van der Waals surface area (Å²) in [5.41, 5.74) is 6.66. The maximum atomic E-state index is 13.5. The average molecular weight is 524 g/mol. The SMILES string of the molecule is CSc1ccc(S(=O)(=O)N(CC(=O)N/N=C(/C)c2ccc(C(C)(C)C)cc2)c2ccc(C)cc2)cc1. The molecule has 0 aliphatic carbocycles. The number of carbonyl (C=O) groups is 1. The number of hydrogen-bond donors (Lipinski definition) is 1. The number of rotatable bonds is 8. The van der Waals surface area contributed by atoms with Crippen LogP contribution in [0.2, 0.25) is 0 Å². The highest BCUT2D eigenvalue weighted by molar-refractivity contribution is 7.98. The topological polar surface area (TPSA) is 78.8 Å². The van der Waals surface area contributed by atoms with Gasteiger partial charge in [0.25, 0.3) is 15.9 Å². The lowest BCUT2D eigenvalue weighted by molar-refractivity contribution is -0.119. The lowest BCUT2D eigenvalue weighted by Crippen LogP contribution is -2.39. The fourth-order valence-corrected chi connectivity index (χ4v) is 5.32. The van der Waals surface area contributed by atoms with E-state index in [1.54, 1.807) is 43.3 Å². The molecule has 0 aromatic heterocycles. The Morgan fingerprint density at radius 1 is 0.944 bits per heavy atom. The van der Waals surface area contributed by atoms with Crippen molar-refractivity contribution in [3.05, 3.63) is 89.5 Å². The Labute approximate surface area is 218 Å². The van der Waals surface area contributed by atoms with Crippen LogP contribution in [-0.4, -0.2) is 32.8 Å². The first-order valence-corrected chi connectivity index (χ1v) is 14.3. The van der Waals surface area contributed by atoms with Gasteiger partial charge in [-0.25, -0.2) is 13.8 Å². The molecule has 0 unspecified atom stereocenters. The van der Waals surface area contributed by atoms with Crippen molar-refractivity contribution in [2.45, 2.75) is 49.8 Å². The summed E-state index contributed by atoms with van der Waals surface area (Å²) < 4.78 is 28.2. The fraction of sp³-hybridized carbons (Fsp3) is 0.286. The van der Waals surface area contributed by atoms with Crippen molar-refractivity contribution in [1.82, 2.24) is 5.43 Å². The number of thioether (sulfide) groups is 1. The number of benzene rings is 3. The largest absolute Gasteiger partial charge is 0.271 e. The number of hydrazone groups is 1. The highest BCUT2D eigenvalue weighted by Crippen LogP contribution is 2.26. The smallest absolute Gasteiger partial charge is 0.264 e. The Bertz CT molecular complexity index is 1320. The molecule has 190 valence electrons. The zero-order chi connectivity index (χ0) is 26.5. The molecule has 3 aromatic carbocycles. The van der Waals surface area contributed by atoms with E-state index in [0.29, 0.717) is 11.4 Å². The van der Waals surface area contributed by atoms with E-state index in [1.165, 1.54) is 17.3 Å². The average Bonchev–Trinajstić information content (AvgIpc) is 2.86. The maximum Gasteiger partial charge on any atom is 0.264 e. The van der Waals surface area contributed by atoms with Gasteiger partial charge >= 0.3 is 0 Å². The molecular weight excluding hydrogens is 490 g/mol. The minimum Gasteiger partial charge on any atom is -0.271 e. The van der Waals surface area contributed by atoms with Gasteiger partial charge in [-0.15, -0.1) is 11.8 Å². The van der Waals surface area contributed by atoms with E-state index in [2.05, 4.69) is 31.3 Å². The number of sulfonamides is 1. The number of nitrogens with zero attached hydrogens (tertiary/aromatic N) is 2. The normalized spacial score (nSPS) is 12.3. The van der Waals surface area contributed by atoms with Crippen LogP contribution in [0.25, 0.3) is 0 Å². The molecule has 1 N–H and O–H groups in total. The van der Waals surface area contributed by atoms with Gasteiger partial charge in [-0.2, -0.15) is 5.10 Å². The van der Waals surface area contributed by atoms with Gasteiger partial charge in [-0.1, -0.05) is 62.7 Å². The molecule has 0 saturated carbocycles. The molecule has 0 atom stereocenters. The van der Waals surface area contributed by atoms with Gasteiger partial charge in [0, 0.05) is 4.90 Å². The van der Waals surface area contributed by atoms with Crippen LogP contribution < -0.4 is 9.73 Å². The molecule has 3 rings (SSSR count). The predicted octanol–water partition coefficient (Wildman–Crippen LogP) is 5.75. The van der Waals surface area contributed by atoms with E-state index in [0.717, 1.165) is 20.3 Å². The van der Waals surface area contributed by atoms with Crippen molar-refractivity contribution in [3.8, 4) is 0 Å². The molecule has 1 amide bonds. The molecule has 0 fully saturated rings. The van der Waals surface area contributed by atoms with Crippen molar-refractivity contribution >= 4 is 39.1 Å². The molecule has 0 saturated heterocycles. The van der Waals surface area contributed by atoms with Gasteiger partial charge in [-0.05, 0) is 73.0 Å². The first-order valence-electron chi connectivity index (χ1n) is 11.6. The quantitative estimate of drug-likeness (QED) is 0.232.